The van der Waals surface area contributed by atoms with E-state index < -0.39 is 0 Å². The van der Waals surface area contributed by atoms with Crippen molar-refractivity contribution in [1.29, 1.82) is 0 Å². The van der Waals surface area contributed by atoms with Crippen LogP contribution in [0.25, 0.3) is 0 Å². The van der Waals surface area contributed by atoms with Gasteiger partial charge in [0.05, 0.1) is 12.7 Å². The second-order valence-corrected chi connectivity index (χ2v) is 4.18. The first-order chi connectivity index (χ1) is 7.70. The molecule has 0 aliphatic heterocycles. The lowest BCUT2D eigenvalue weighted by molar-refractivity contribution is 0.663. The van der Waals surface area contributed by atoms with Crippen molar-refractivity contribution in [3.8, 4) is 0 Å². The van der Waals surface area contributed by atoms with E-state index in [0.717, 1.165) is 22.8 Å². The number of halogens is 1. The summed E-state index contributed by atoms with van der Waals surface area (Å²) in [6.07, 6.45) is 1.82. The zero-order chi connectivity index (χ0) is 11.5. The third-order valence-corrected chi connectivity index (χ3v) is 2.92. The number of hydrogen-bond acceptors (Lipinski definition) is 2. The first-order valence-electron chi connectivity index (χ1n) is 5.16. The highest BCUT2D eigenvalue weighted by Gasteiger charge is 2.04. The second-order valence-electron chi connectivity index (χ2n) is 3.74. The number of nitrogens with two attached hydrogens (primary N) is 1. The highest BCUT2D eigenvalue weighted by molar-refractivity contribution is 6.30. The molecule has 4 heteroatoms. The highest BCUT2D eigenvalue weighted by Crippen LogP contribution is 2.12. The van der Waals surface area contributed by atoms with E-state index in [1.54, 1.807) is 0 Å². The molecule has 0 saturated carbocycles. The van der Waals surface area contributed by atoms with E-state index in [2.05, 4.69) is 5.10 Å². The maximum Gasteiger partial charge on any atom is 0.0662 e. The molecule has 0 bridgehead atoms. The Labute approximate surface area is 99.8 Å². The fourth-order valence-electron chi connectivity index (χ4n) is 1.61. The molecule has 0 fully saturated rings. The van der Waals surface area contributed by atoms with Crippen LogP contribution in [0.1, 0.15) is 16.8 Å². The molecule has 1 heterocycles. The van der Waals surface area contributed by atoms with E-state index in [1.165, 1.54) is 5.56 Å². The van der Waals surface area contributed by atoms with Gasteiger partial charge in [-0.15, -0.1) is 0 Å². The van der Waals surface area contributed by atoms with Gasteiger partial charge in [-0.3, -0.25) is 4.68 Å². The van der Waals surface area contributed by atoms with E-state index in [9.17, 15) is 0 Å². The van der Waals surface area contributed by atoms with Crippen LogP contribution in [-0.4, -0.2) is 9.78 Å². The predicted octanol–water partition coefficient (Wildman–Crippen LogP) is 2.35. The third-order valence-electron chi connectivity index (χ3n) is 2.67. The van der Waals surface area contributed by atoms with Gasteiger partial charge in [0.1, 0.15) is 0 Å². The van der Waals surface area contributed by atoms with Crippen LogP contribution < -0.4 is 5.73 Å². The minimum atomic E-state index is 0.534. The molecule has 0 radical (unpaired) electrons. The van der Waals surface area contributed by atoms with Gasteiger partial charge in [0.2, 0.25) is 0 Å². The fraction of sp³-hybridized carbons (Fsp3) is 0.250. The van der Waals surface area contributed by atoms with E-state index in [4.69, 9.17) is 17.3 Å². The van der Waals surface area contributed by atoms with Gasteiger partial charge in [0, 0.05) is 22.8 Å². The van der Waals surface area contributed by atoms with Crippen LogP contribution in [0.3, 0.4) is 0 Å². The van der Waals surface area contributed by atoms with Crippen molar-refractivity contribution in [1.82, 2.24) is 9.78 Å². The van der Waals surface area contributed by atoms with Crippen molar-refractivity contribution in [3.63, 3.8) is 0 Å². The van der Waals surface area contributed by atoms with E-state index in [0.29, 0.717) is 6.54 Å². The molecule has 0 amide bonds. The maximum atomic E-state index is 5.83. The van der Waals surface area contributed by atoms with Gasteiger partial charge in [0.15, 0.2) is 0 Å². The standard InChI is InChI=1S/C12H14ClN3/c1-9-11(6-14)7-15-16(9)8-10-2-4-12(13)5-3-10/h2-5,7H,6,8,14H2,1H3. The Kier molecular flexibility index (Phi) is 3.27. The molecule has 3 nitrogen and oxygen atoms in total. The molecule has 16 heavy (non-hydrogen) atoms. The molecule has 84 valence electrons. The van der Waals surface area contributed by atoms with Crippen LogP contribution in [0.4, 0.5) is 0 Å². The summed E-state index contributed by atoms with van der Waals surface area (Å²) in [6, 6.07) is 7.79. The van der Waals surface area contributed by atoms with Gasteiger partial charge < -0.3 is 5.73 Å². The number of aromatic nitrogens is 2. The molecule has 1 aromatic carbocycles. The van der Waals surface area contributed by atoms with E-state index in [1.807, 2.05) is 42.1 Å². The summed E-state index contributed by atoms with van der Waals surface area (Å²) >= 11 is 5.83. The first kappa shape index (κ1) is 11.2. The molecular weight excluding hydrogens is 222 g/mol. The lowest BCUT2D eigenvalue weighted by atomic mass is 10.2. The van der Waals surface area contributed by atoms with Crippen molar-refractivity contribution in [3.05, 3.63) is 52.3 Å². The summed E-state index contributed by atoms with van der Waals surface area (Å²) < 4.78 is 1.95. The van der Waals surface area contributed by atoms with Gasteiger partial charge >= 0.3 is 0 Å². The van der Waals surface area contributed by atoms with Gasteiger partial charge in [-0.25, -0.2) is 0 Å². The van der Waals surface area contributed by atoms with Crippen LogP contribution in [-0.2, 0) is 13.1 Å². The molecule has 2 rings (SSSR count). The molecule has 2 aromatic rings. The molecule has 0 spiro atoms. The summed E-state index contributed by atoms with van der Waals surface area (Å²) in [6.45, 7) is 3.32. The predicted molar refractivity (Wildman–Crippen MR) is 65.4 cm³/mol. The fourth-order valence-corrected chi connectivity index (χ4v) is 1.73. The Hall–Kier alpha value is -1.32. The zero-order valence-corrected chi connectivity index (χ0v) is 9.91. The Morgan fingerprint density at radius 3 is 2.56 bits per heavy atom. The van der Waals surface area contributed by atoms with E-state index in [-0.39, 0.29) is 0 Å². The van der Waals surface area contributed by atoms with Crippen LogP contribution >= 0.6 is 11.6 Å². The highest BCUT2D eigenvalue weighted by atomic mass is 35.5. The summed E-state index contributed by atoms with van der Waals surface area (Å²) in [5, 5.41) is 5.06. The monoisotopic (exact) mass is 235 g/mol. The topological polar surface area (TPSA) is 43.8 Å². The molecule has 0 unspecified atom stereocenters. The average Bonchev–Trinajstić information content (AvgIpc) is 2.63. The van der Waals surface area contributed by atoms with Gasteiger partial charge in [-0.2, -0.15) is 5.10 Å². The molecule has 2 N–H and O–H groups in total. The van der Waals surface area contributed by atoms with Crippen LogP contribution in [0.2, 0.25) is 5.02 Å². The van der Waals surface area contributed by atoms with Crippen LogP contribution in [0.5, 0.6) is 0 Å². The van der Waals surface area contributed by atoms with Crippen molar-refractivity contribution < 1.29 is 0 Å². The smallest absolute Gasteiger partial charge is 0.0662 e. The molecule has 0 atom stereocenters. The minimum Gasteiger partial charge on any atom is -0.326 e. The molecular formula is C12H14ClN3. The lowest BCUT2D eigenvalue weighted by Crippen LogP contribution is -2.05. The SMILES string of the molecule is Cc1c(CN)cnn1Cc1ccc(Cl)cc1. The molecule has 0 aliphatic rings. The average molecular weight is 236 g/mol. The Morgan fingerprint density at radius 2 is 2.00 bits per heavy atom. The van der Waals surface area contributed by atoms with Gasteiger partial charge in [-0.05, 0) is 24.6 Å². The van der Waals surface area contributed by atoms with Gasteiger partial charge in [0.25, 0.3) is 0 Å². The van der Waals surface area contributed by atoms with Crippen LogP contribution in [0, 0.1) is 6.92 Å². The number of hydrogen-bond donors (Lipinski definition) is 1. The number of benzene rings is 1. The van der Waals surface area contributed by atoms with Crippen molar-refractivity contribution in [2.45, 2.75) is 20.0 Å². The Balaban J connectivity index is 2.20. The normalized spacial score (nSPS) is 10.7. The Bertz CT molecular complexity index is 474. The summed E-state index contributed by atoms with van der Waals surface area (Å²) in [5.74, 6) is 0. The summed E-state index contributed by atoms with van der Waals surface area (Å²) in [7, 11) is 0. The largest absolute Gasteiger partial charge is 0.326 e. The number of nitrogens with zero attached hydrogens (tertiary/aromatic N) is 2. The lowest BCUT2D eigenvalue weighted by Gasteiger charge is -2.05. The molecule has 1 aromatic heterocycles. The number of rotatable bonds is 3. The van der Waals surface area contributed by atoms with Crippen molar-refractivity contribution in [2.75, 3.05) is 0 Å². The second kappa shape index (κ2) is 4.68. The summed E-state index contributed by atoms with van der Waals surface area (Å²) in [5.41, 5.74) is 9.00. The van der Waals surface area contributed by atoms with Crippen molar-refractivity contribution in [2.24, 2.45) is 5.73 Å². The quantitative estimate of drug-likeness (QED) is 0.888. The van der Waals surface area contributed by atoms with Crippen LogP contribution in [0.15, 0.2) is 30.5 Å². The molecule has 0 saturated heterocycles. The Morgan fingerprint density at radius 1 is 1.31 bits per heavy atom. The first-order valence-corrected chi connectivity index (χ1v) is 5.54. The molecule has 0 aliphatic carbocycles. The van der Waals surface area contributed by atoms with E-state index >= 15 is 0 Å². The third kappa shape index (κ3) is 2.26. The summed E-state index contributed by atoms with van der Waals surface area (Å²) in [4.78, 5) is 0. The maximum absolute atomic E-state index is 5.83. The zero-order valence-electron chi connectivity index (χ0n) is 9.15. The minimum absolute atomic E-state index is 0.534. The van der Waals surface area contributed by atoms with Gasteiger partial charge in [-0.1, -0.05) is 23.7 Å². The van der Waals surface area contributed by atoms with Crippen molar-refractivity contribution >= 4 is 11.6 Å².